The summed E-state index contributed by atoms with van der Waals surface area (Å²) in [4.78, 5) is 0.234. The second-order valence-corrected chi connectivity index (χ2v) is 7.29. The highest BCUT2D eigenvalue weighted by Gasteiger charge is 2.32. The van der Waals surface area contributed by atoms with E-state index < -0.39 is 10.0 Å². The molecule has 1 aliphatic heterocycles. The molecule has 108 valence electrons. The molecule has 0 saturated carbocycles. The van der Waals surface area contributed by atoms with Crippen molar-refractivity contribution in [3.63, 3.8) is 0 Å². The molecule has 2 unspecified atom stereocenters. The Balaban J connectivity index is 2.42. The number of nitrogens with one attached hydrogen (secondary N) is 1. The van der Waals surface area contributed by atoms with E-state index in [1.165, 1.54) is 10.4 Å². The second-order valence-electron chi connectivity index (χ2n) is 5.38. The number of hydrogen-bond acceptors (Lipinski definition) is 4. The molecule has 1 fully saturated rings. The molecule has 0 aliphatic carbocycles. The number of nitriles is 1. The van der Waals surface area contributed by atoms with E-state index in [1.54, 1.807) is 19.1 Å². The van der Waals surface area contributed by atoms with Crippen LogP contribution in [-0.2, 0) is 10.0 Å². The number of benzene rings is 1. The Bertz CT molecular complexity index is 639. The molecule has 0 spiro atoms. The first-order valence-electron chi connectivity index (χ1n) is 6.61. The van der Waals surface area contributed by atoms with Crippen molar-refractivity contribution < 1.29 is 8.42 Å². The van der Waals surface area contributed by atoms with E-state index in [2.05, 4.69) is 5.32 Å². The van der Waals surface area contributed by atoms with E-state index in [1.807, 2.05) is 19.9 Å². The van der Waals surface area contributed by atoms with E-state index in [4.69, 9.17) is 5.26 Å². The van der Waals surface area contributed by atoms with E-state index in [0.29, 0.717) is 24.2 Å². The molecule has 2 atom stereocenters. The minimum atomic E-state index is -3.55. The fourth-order valence-corrected chi connectivity index (χ4v) is 4.43. The summed E-state index contributed by atoms with van der Waals surface area (Å²) >= 11 is 0. The molecular weight excluding hydrogens is 274 g/mol. The third-order valence-electron chi connectivity index (χ3n) is 3.46. The maximum Gasteiger partial charge on any atom is 0.243 e. The molecule has 1 saturated heterocycles. The molecule has 0 aromatic heterocycles. The van der Waals surface area contributed by atoms with Gasteiger partial charge in [-0.2, -0.15) is 9.57 Å². The average Bonchev–Trinajstić information content (AvgIpc) is 2.38. The maximum atomic E-state index is 12.8. The van der Waals surface area contributed by atoms with Crippen LogP contribution in [0.5, 0.6) is 0 Å². The zero-order valence-corrected chi connectivity index (χ0v) is 12.7. The molecule has 5 nitrogen and oxygen atoms in total. The molecule has 1 aromatic carbocycles. The van der Waals surface area contributed by atoms with Crippen molar-refractivity contribution in [2.24, 2.45) is 0 Å². The van der Waals surface area contributed by atoms with Crippen LogP contribution in [0.3, 0.4) is 0 Å². The first-order chi connectivity index (χ1) is 9.34. The fraction of sp³-hybridized carbons (Fsp3) is 0.500. The molecule has 2 rings (SSSR count). The number of hydrogen-bond donors (Lipinski definition) is 1. The standard InChI is InChI=1S/C14H19N3O2S/c1-10-4-5-13(7-15)6-14(10)20(18,19)17-8-11(2)16-12(3)9-17/h4-6,11-12,16H,8-9H2,1-3H3. The highest BCUT2D eigenvalue weighted by atomic mass is 32.2. The quantitative estimate of drug-likeness (QED) is 0.890. The Morgan fingerprint density at radius 1 is 1.30 bits per heavy atom. The van der Waals surface area contributed by atoms with Gasteiger partial charge in [-0.05, 0) is 38.5 Å². The predicted octanol–water partition coefficient (Wildman–Crippen LogP) is 1.24. The van der Waals surface area contributed by atoms with Crippen LogP contribution in [0.15, 0.2) is 23.1 Å². The number of rotatable bonds is 2. The summed E-state index contributed by atoms with van der Waals surface area (Å²) in [5.41, 5.74) is 1.04. The minimum Gasteiger partial charge on any atom is -0.309 e. The minimum absolute atomic E-state index is 0.119. The van der Waals surface area contributed by atoms with Crippen molar-refractivity contribution in [3.8, 4) is 6.07 Å². The molecule has 1 heterocycles. The van der Waals surface area contributed by atoms with E-state index >= 15 is 0 Å². The Labute approximate surface area is 120 Å². The zero-order chi connectivity index (χ0) is 14.9. The Morgan fingerprint density at radius 3 is 2.45 bits per heavy atom. The van der Waals surface area contributed by atoms with Gasteiger partial charge in [-0.15, -0.1) is 0 Å². The Hall–Kier alpha value is -1.42. The number of nitrogens with zero attached hydrogens (tertiary/aromatic N) is 2. The maximum absolute atomic E-state index is 12.8. The Morgan fingerprint density at radius 2 is 1.90 bits per heavy atom. The van der Waals surface area contributed by atoms with Gasteiger partial charge >= 0.3 is 0 Å². The van der Waals surface area contributed by atoms with Gasteiger partial charge in [0.25, 0.3) is 0 Å². The molecule has 6 heteroatoms. The third-order valence-corrected chi connectivity index (χ3v) is 5.43. The molecular formula is C14H19N3O2S. The highest BCUT2D eigenvalue weighted by molar-refractivity contribution is 7.89. The summed E-state index contributed by atoms with van der Waals surface area (Å²) in [6, 6.07) is 7.01. The molecule has 0 amide bonds. The highest BCUT2D eigenvalue weighted by Crippen LogP contribution is 2.23. The lowest BCUT2D eigenvalue weighted by Gasteiger charge is -2.35. The molecule has 1 N–H and O–H groups in total. The third kappa shape index (κ3) is 2.85. The number of aryl methyl sites for hydroxylation is 1. The summed E-state index contributed by atoms with van der Waals surface area (Å²) < 4.78 is 27.0. The predicted molar refractivity (Wildman–Crippen MR) is 76.7 cm³/mol. The van der Waals surface area contributed by atoms with Crippen LogP contribution in [-0.4, -0.2) is 37.9 Å². The van der Waals surface area contributed by atoms with Crippen LogP contribution in [0.25, 0.3) is 0 Å². The van der Waals surface area contributed by atoms with Crippen LogP contribution in [0.1, 0.15) is 25.0 Å². The molecule has 20 heavy (non-hydrogen) atoms. The van der Waals surface area contributed by atoms with E-state index in [0.717, 1.165) is 0 Å². The van der Waals surface area contributed by atoms with Gasteiger partial charge < -0.3 is 5.32 Å². The Kier molecular flexibility index (Phi) is 4.14. The van der Waals surface area contributed by atoms with E-state index in [-0.39, 0.29) is 17.0 Å². The lowest BCUT2D eigenvalue weighted by molar-refractivity contribution is 0.263. The average molecular weight is 293 g/mol. The van der Waals surface area contributed by atoms with Gasteiger partial charge in [0.2, 0.25) is 10.0 Å². The molecule has 1 aliphatic rings. The first kappa shape index (κ1) is 15.0. The van der Waals surface area contributed by atoms with Crippen LogP contribution in [0.2, 0.25) is 0 Å². The summed E-state index contributed by atoms with van der Waals surface area (Å²) in [5, 5.41) is 12.3. The van der Waals surface area contributed by atoms with Gasteiger partial charge in [0, 0.05) is 25.2 Å². The summed E-state index contributed by atoms with van der Waals surface area (Å²) in [6.45, 7) is 6.59. The van der Waals surface area contributed by atoms with Gasteiger partial charge in [0.15, 0.2) is 0 Å². The molecule has 0 bridgehead atoms. The van der Waals surface area contributed by atoms with Crippen LogP contribution in [0.4, 0.5) is 0 Å². The molecule has 0 radical (unpaired) electrons. The SMILES string of the molecule is Cc1ccc(C#N)cc1S(=O)(=O)N1CC(C)NC(C)C1. The number of sulfonamides is 1. The second kappa shape index (κ2) is 5.52. The van der Waals surface area contributed by atoms with Crippen molar-refractivity contribution in [2.45, 2.75) is 37.8 Å². The van der Waals surface area contributed by atoms with Crippen molar-refractivity contribution in [3.05, 3.63) is 29.3 Å². The van der Waals surface area contributed by atoms with E-state index in [9.17, 15) is 8.42 Å². The summed E-state index contributed by atoms with van der Waals surface area (Å²) in [6.07, 6.45) is 0. The van der Waals surface area contributed by atoms with Crippen molar-refractivity contribution in [2.75, 3.05) is 13.1 Å². The van der Waals surface area contributed by atoms with Gasteiger partial charge in [-0.1, -0.05) is 6.07 Å². The lowest BCUT2D eigenvalue weighted by Crippen LogP contribution is -2.55. The monoisotopic (exact) mass is 293 g/mol. The van der Waals surface area contributed by atoms with Crippen LogP contribution >= 0.6 is 0 Å². The first-order valence-corrected chi connectivity index (χ1v) is 8.05. The van der Waals surface area contributed by atoms with Gasteiger partial charge in [0.1, 0.15) is 0 Å². The topological polar surface area (TPSA) is 73.2 Å². The van der Waals surface area contributed by atoms with Gasteiger partial charge in [-0.3, -0.25) is 0 Å². The number of piperazine rings is 1. The smallest absolute Gasteiger partial charge is 0.243 e. The van der Waals surface area contributed by atoms with Gasteiger partial charge in [0.05, 0.1) is 16.5 Å². The normalized spacial score (nSPS) is 24.3. The van der Waals surface area contributed by atoms with Crippen LogP contribution in [0, 0.1) is 18.3 Å². The van der Waals surface area contributed by atoms with Gasteiger partial charge in [-0.25, -0.2) is 8.42 Å². The molecule has 1 aromatic rings. The fourth-order valence-electron chi connectivity index (χ4n) is 2.56. The van der Waals surface area contributed by atoms with Crippen molar-refractivity contribution >= 4 is 10.0 Å². The summed E-state index contributed by atoms with van der Waals surface area (Å²) in [7, 11) is -3.55. The largest absolute Gasteiger partial charge is 0.309 e. The zero-order valence-electron chi connectivity index (χ0n) is 11.9. The van der Waals surface area contributed by atoms with Crippen LogP contribution < -0.4 is 5.32 Å². The van der Waals surface area contributed by atoms with Crippen molar-refractivity contribution in [1.82, 2.24) is 9.62 Å². The van der Waals surface area contributed by atoms with Crippen molar-refractivity contribution in [1.29, 1.82) is 5.26 Å². The summed E-state index contributed by atoms with van der Waals surface area (Å²) in [5.74, 6) is 0. The lowest BCUT2D eigenvalue weighted by atomic mass is 10.2.